The fraction of sp³-hybridized carbons (Fsp3) is 0.182. The third-order valence-corrected chi connectivity index (χ3v) is 30.2. The zero-order valence-corrected chi connectivity index (χ0v) is 63.8. The van der Waals surface area contributed by atoms with Gasteiger partial charge in [0.05, 0.1) is 55.5 Å². The third-order valence-electron chi connectivity index (χ3n) is 30.2. The normalized spacial score (nSPS) is 23.0. The van der Waals surface area contributed by atoms with Crippen LogP contribution in [-0.4, -0.2) is 18.3 Å². The van der Waals surface area contributed by atoms with Gasteiger partial charge in [-0.1, -0.05) is 231 Å². The molecule has 4 nitrogen and oxygen atoms in total. The number of aromatic nitrogens is 4. The predicted octanol–water partition coefficient (Wildman–Crippen LogP) is 28.2. The fourth-order valence-corrected chi connectivity index (χ4v) is 26.4. The van der Waals surface area contributed by atoms with E-state index in [1.165, 1.54) is 230 Å². The largest absolute Gasteiger partial charge is 0.309 e. The molecule has 0 aliphatic heterocycles. The maximum Gasteiger partial charge on any atom is 0.0543 e. The summed E-state index contributed by atoms with van der Waals surface area (Å²) in [7, 11) is 0. The quantitative estimate of drug-likeness (QED) is 0.152. The molecule has 2 spiro atoms. The summed E-state index contributed by atoms with van der Waals surface area (Å²) in [5, 5.41) is 10.3. The molecule has 8 saturated carbocycles. The molecule has 19 aromatic rings. The topological polar surface area (TPSA) is 19.7 Å². The van der Waals surface area contributed by atoms with Crippen molar-refractivity contribution in [3.8, 4) is 78.4 Å². The van der Waals surface area contributed by atoms with Gasteiger partial charge < -0.3 is 18.3 Å². The van der Waals surface area contributed by atoms with Crippen LogP contribution in [0.3, 0.4) is 0 Å². The van der Waals surface area contributed by atoms with Gasteiger partial charge in [0.2, 0.25) is 0 Å². The molecule has 10 aliphatic rings. The smallest absolute Gasteiger partial charge is 0.0543 e. The molecule has 8 bridgehead atoms. The van der Waals surface area contributed by atoms with Crippen molar-refractivity contribution in [2.75, 3.05) is 0 Å². The van der Waals surface area contributed by atoms with Crippen LogP contribution in [0.15, 0.2) is 340 Å². The van der Waals surface area contributed by atoms with E-state index in [-0.39, 0.29) is 10.8 Å². The van der Waals surface area contributed by atoms with Crippen LogP contribution in [-0.2, 0) is 10.8 Å². The van der Waals surface area contributed by atoms with Crippen molar-refractivity contribution >= 4 is 87.2 Å². The van der Waals surface area contributed by atoms with E-state index in [1.807, 2.05) is 0 Å². The second-order valence-corrected chi connectivity index (χ2v) is 35.4. The van der Waals surface area contributed by atoms with Crippen LogP contribution >= 0.6 is 0 Å². The highest BCUT2D eigenvalue weighted by Gasteiger charge is 2.63. The number of nitrogens with zero attached hydrogens (tertiary/aromatic N) is 4. The molecule has 114 heavy (non-hydrogen) atoms. The second kappa shape index (κ2) is 24.0. The fourth-order valence-electron chi connectivity index (χ4n) is 26.4. The van der Waals surface area contributed by atoms with E-state index in [4.69, 9.17) is 0 Å². The third kappa shape index (κ3) is 8.78. The summed E-state index contributed by atoms with van der Waals surface area (Å²) < 4.78 is 10.0. The van der Waals surface area contributed by atoms with E-state index >= 15 is 0 Å². The Bertz CT molecular complexity index is 7200. The zero-order valence-electron chi connectivity index (χ0n) is 63.8. The summed E-state index contributed by atoms with van der Waals surface area (Å²) in [6.45, 7) is 0. The predicted molar refractivity (Wildman–Crippen MR) is 473 cm³/mol. The summed E-state index contributed by atoms with van der Waals surface area (Å²) in [6, 6.07) is 128. The lowest BCUT2D eigenvalue weighted by Gasteiger charge is -2.61. The average Bonchev–Trinajstić information content (AvgIpc) is 1.53. The first-order valence-corrected chi connectivity index (χ1v) is 42.3. The van der Waals surface area contributed by atoms with Gasteiger partial charge in [0.1, 0.15) is 0 Å². The first-order valence-electron chi connectivity index (χ1n) is 42.3. The number of hydrogen-bond donors (Lipinski definition) is 0. The Hall–Kier alpha value is -12.5. The van der Waals surface area contributed by atoms with E-state index in [0.29, 0.717) is 0 Å². The van der Waals surface area contributed by atoms with Crippen molar-refractivity contribution in [3.63, 3.8) is 0 Å². The lowest BCUT2D eigenvalue weighted by atomic mass is 9.43. The number of rotatable bonds is 7. The number of para-hydroxylation sites is 5. The molecule has 0 unspecified atom stereocenters. The van der Waals surface area contributed by atoms with E-state index in [2.05, 4.69) is 358 Å². The average molecular weight is 1460 g/mol. The SMILES string of the molecule is c1ccc(-c2ccc(-n3c4ccccc4c4cc(-c5ccc6c(c5)c5ccccc5n6-c5cccc6c5-c5ccccc5C65C6CC7CC(C6)CC5C7)ccc43)cc2)cc1.c1ccc(-n2c3ccccc3c3cc(-c4ccc5c(c4)c4ccccc4n5-c4cccc5c4-c4ccccc4C54C5CC6CC(C5)CC4C6)ccc32)cc1. The van der Waals surface area contributed by atoms with Crippen LogP contribution in [0.1, 0.15) is 86.5 Å². The van der Waals surface area contributed by atoms with Gasteiger partial charge in [-0.25, -0.2) is 0 Å². The number of fused-ring (bicyclic) bond motifs is 18. The van der Waals surface area contributed by atoms with Crippen LogP contribution in [0.2, 0.25) is 0 Å². The van der Waals surface area contributed by atoms with Gasteiger partial charge in [-0.15, -0.1) is 0 Å². The standard InChI is InChI=1S/C58H44N2.C52H40N2/c1-2-11-38(12-3-1)39-21-25-44(26-22-39)59-52-18-8-5-13-45(52)48-34-40(23-27-54(48)59)41-24-28-55-49(35-41)46-14-6-9-19-53(46)60(55)56-20-10-17-51-57(56)47-15-4-7-16-50(47)58(51)42-30-36-29-37(32-42)33-43(58)31-36;1-2-11-38(12-3-1)53-46-18-8-5-13-39(46)42-30-34(21-23-48(42)53)35-22-24-49-43(31-35)40-14-6-9-19-47(40)54(49)50-20-10-17-45-51(50)41-15-4-7-16-44(41)52(45)36-26-32-25-33(28-36)29-37(52)27-32/h1-28,34-37,42-43H,29-33H2;1-24,30-33,36-37H,25-29H2. The van der Waals surface area contributed by atoms with Crippen molar-refractivity contribution < 1.29 is 0 Å². The molecule has 544 valence electrons. The Morgan fingerprint density at radius 1 is 0.193 bits per heavy atom. The van der Waals surface area contributed by atoms with E-state index < -0.39 is 0 Å². The lowest BCUT2D eigenvalue weighted by Crippen LogP contribution is -2.55. The number of hydrogen-bond acceptors (Lipinski definition) is 0. The van der Waals surface area contributed by atoms with Crippen molar-refractivity contribution in [2.24, 2.45) is 47.3 Å². The van der Waals surface area contributed by atoms with Crippen molar-refractivity contribution in [1.29, 1.82) is 0 Å². The molecule has 0 atom stereocenters. The van der Waals surface area contributed by atoms with Crippen LogP contribution in [0.25, 0.3) is 166 Å². The molecule has 0 saturated heterocycles. The number of benzene rings is 15. The molecule has 0 amide bonds. The molecule has 4 heterocycles. The zero-order chi connectivity index (χ0) is 74.2. The molecular weight excluding hydrogens is 1380 g/mol. The first-order chi connectivity index (χ1) is 56.5. The Labute approximate surface area is 663 Å². The van der Waals surface area contributed by atoms with Gasteiger partial charge in [-0.05, 0) is 288 Å². The van der Waals surface area contributed by atoms with Crippen LogP contribution < -0.4 is 0 Å². The minimum Gasteiger partial charge on any atom is -0.309 e. The minimum absolute atomic E-state index is 0.147. The van der Waals surface area contributed by atoms with Crippen LogP contribution in [0.5, 0.6) is 0 Å². The summed E-state index contributed by atoms with van der Waals surface area (Å²) >= 11 is 0. The highest BCUT2D eigenvalue weighted by molar-refractivity contribution is 6.16. The van der Waals surface area contributed by atoms with Gasteiger partial charge in [0, 0.05) is 76.4 Å². The molecular formula is C110H84N4. The van der Waals surface area contributed by atoms with Crippen molar-refractivity contribution in [1.82, 2.24) is 18.3 Å². The van der Waals surface area contributed by atoms with Gasteiger partial charge in [-0.3, -0.25) is 0 Å². The lowest BCUT2D eigenvalue weighted by molar-refractivity contribution is -0.0399. The maximum atomic E-state index is 2.60. The van der Waals surface area contributed by atoms with Gasteiger partial charge in [0.15, 0.2) is 0 Å². The molecule has 4 aromatic heterocycles. The molecule has 4 heteroatoms. The highest BCUT2D eigenvalue weighted by atomic mass is 15.0. The molecule has 10 aliphatic carbocycles. The Balaban J connectivity index is 0.000000126. The van der Waals surface area contributed by atoms with E-state index in [1.54, 1.807) is 22.3 Å². The summed E-state index contributed by atoms with van der Waals surface area (Å²) in [4.78, 5) is 0. The molecule has 15 aromatic carbocycles. The second-order valence-electron chi connectivity index (χ2n) is 35.4. The Morgan fingerprint density at radius 2 is 0.474 bits per heavy atom. The van der Waals surface area contributed by atoms with Gasteiger partial charge in [0.25, 0.3) is 0 Å². The summed E-state index contributed by atoms with van der Waals surface area (Å²) in [5.41, 5.74) is 35.1. The monoisotopic (exact) mass is 1460 g/mol. The highest BCUT2D eigenvalue weighted by Crippen LogP contribution is 2.72. The minimum atomic E-state index is 0.147. The van der Waals surface area contributed by atoms with Gasteiger partial charge in [-0.2, -0.15) is 0 Å². The maximum absolute atomic E-state index is 2.60. The van der Waals surface area contributed by atoms with Gasteiger partial charge >= 0.3 is 0 Å². The Kier molecular flexibility index (Phi) is 13.5. The van der Waals surface area contributed by atoms with Crippen molar-refractivity contribution in [3.05, 3.63) is 362 Å². The molecule has 8 fully saturated rings. The summed E-state index contributed by atoms with van der Waals surface area (Å²) in [5.74, 6) is 6.75. The van der Waals surface area contributed by atoms with Crippen LogP contribution in [0, 0.1) is 47.3 Å². The van der Waals surface area contributed by atoms with Crippen molar-refractivity contribution in [2.45, 2.75) is 75.0 Å². The first kappa shape index (κ1) is 64.1. The van der Waals surface area contributed by atoms with E-state index in [9.17, 15) is 0 Å². The molecule has 29 rings (SSSR count). The molecule has 0 radical (unpaired) electrons. The van der Waals surface area contributed by atoms with Crippen LogP contribution in [0.4, 0.5) is 0 Å². The summed E-state index contributed by atoms with van der Waals surface area (Å²) in [6.07, 6.45) is 14.2. The Morgan fingerprint density at radius 3 is 0.860 bits per heavy atom. The van der Waals surface area contributed by atoms with E-state index in [0.717, 1.165) is 47.3 Å². The molecule has 0 N–H and O–H groups in total.